The number of para-hydroxylation sites is 2. The highest BCUT2D eigenvalue weighted by Gasteiger charge is 2.43. The third kappa shape index (κ3) is 4.22. The molecule has 0 saturated carbocycles. The fourth-order valence-corrected chi connectivity index (χ4v) is 6.05. The Morgan fingerprint density at radius 3 is 2.51 bits per heavy atom. The number of methoxy groups -OCH3 is 1. The van der Waals surface area contributed by atoms with Crippen molar-refractivity contribution in [2.45, 2.75) is 31.6 Å². The summed E-state index contributed by atoms with van der Waals surface area (Å²) < 4.78 is 7.01. The smallest absolute Gasteiger partial charge is 0.328 e. The van der Waals surface area contributed by atoms with Crippen molar-refractivity contribution in [3.63, 3.8) is 0 Å². The molecule has 2 atom stereocenters. The van der Waals surface area contributed by atoms with Gasteiger partial charge in [-0.15, -0.1) is 0 Å². The topological polar surface area (TPSA) is 83.9 Å². The zero-order chi connectivity index (χ0) is 27.1. The molecular formula is C31H30N4O4. The summed E-state index contributed by atoms with van der Waals surface area (Å²) in [7, 11) is 3.32. The van der Waals surface area contributed by atoms with E-state index >= 15 is 0 Å². The molecule has 0 fully saturated rings. The number of anilines is 1. The van der Waals surface area contributed by atoms with Crippen molar-refractivity contribution in [3.8, 4) is 0 Å². The number of benzene rings is 3. The molecule has 6 rings (SSSR count). The minimum Gasteiger partial charge on any atom is -0.467 e. The van der Waals surface area contributed by atoms with E-state index in [2.05, 4.69) is 16.3 Å². The SMILES string of the molecule is COC(=O)[C@H](Cc1ccccc1)NC(=O)Cn1c2c(c3ccccc31)CCN1C(=O)c3ccccc3N(C)C21. The van der Waals surface area contributed by atoms with Crippen LogP contribution in [0.1, 0.15) is 33.3 Å². The van der Waals surface area contributed by atoms with Crippen LogP contribution in [-0.2, 0) is 33.7 Å². The standard InChI is InChI=1S/C31H30N4O4/c1-33-25-14-8-7-13-23(25)30(37)34-17-16-22-21-12-6-9-15-26(21)35(28(22)29(33)34)19-27(36)32-24(31(38)39-2)18-20-10-4-3-5-11-20/h3-15,24,29H,16-19H2,1-2H3,(H,32,36)/t24-,29?/m0/s1. The van der Waals surface area contributed by atoms with E-state index in [0.29, 0.717) is 24.9 Å². The van der Waals surface area contributed by atoms with Gasteiger partial charge in [-0.3, -0.25) is 9.59 Å². The molecule has 198 valence electrons. The molecule has 3 heterocycles. The van der Waals surface area contributed by atoms with E-state index in [0.717, 1.165) is 33.4 Å². The summed E-state index contributed by atoms with van der Waals surface area (Å²) in [5.41, 5.74) is 5.48. The van der Waals surface area contributed by atoms with Gasteiger partial charge in [0.15, 0.2) is 0 Å². The van der Waals surface area contributed by atoms with E-state index in [9.17, 15) is 14.4 Å². The lowest BCUT2D eigenvalue weighted by atomic mass is 9.96. The van der Waals surface area contributed by atoms with E-state index in [1.165, 1.54) is 7.11 Å². The number of ether oxygens (including phenoxy) is 1. The monoisotopic (exact) mass is 522 g/mol. The Bertz CT molecular complexity index is 1580. The molecule has 1 unspecified atom stereocenters. The van der Waals surface area contributed by atoms with Gasteiger partial charge in [0, 0.05) is 30.9 Å². The molecule has 2 aliphatic rings. The van der Waals surface area contributed by atoms with Gasteiger partial charge in [0.05, 0.1) is 24.1 Å². The molecule has 39 heavy (non-hydrogen) atoms. The van der Waals surface area contributed by atoms with Gasteiger partial charge < -0.3 is 24.4 Å². The first kappa shape index (κ1) is 24.7. The molecule has 4 aromatic rings. The number of esters is 1. The maximum atomic E-state index is 13.5. The number of aromatic nitrogens is 1. The Kier molecular flexibility index (Phi) is 6.30. The molecule has 8 nitrogen and oxygen atoms in total. The molecule has 3 aromatic carbocycles. The second-order valence-electron chi connectivity index (χ2n) is 10.1. The normalized spacial score (nSPS) is 16.8. The van der Waals surface area contributed by atoms with Gasteiger partial charge in [-0.2, -0.15) is 0 Å². The fraction of sp³-hybridized carbons (Fsp3) is 0.258. The first-order chi connectivity index (χ1) is 19.0. The highest BCUT2D eigenvalue weighted by atomic mass is 16.5. The lowest BCUT2D eigenvalue weighted by molar-refractivity contribution is -0.145. The highest BCUT2D eigenvalue weighted by Crippen LogP contribution is 2.44. The van der Waals surface area contributed by atoms with Gasteiger partial charge in [-0.05, 0) is 35.7 Å². The van der Waals surface area contributed by atoms with Gasteiger partial charge >= 0.3 is 5.97 Å². The van der Waals surface area contributed by atoms with Gasteiger partial charge in [0.25, 0.3) is 5.91 Å². The average Bonchev–Trinajstić information content (AvgIpc) is 3.28. The summed E-state index contributed by atoms with van der Waals surface area (Å²) in [6, 6.07) is 24.4. The number of fused-ring (bicyclic) bond motifs is 6. The van der Waals surface area contributed by atoms with Crippen LogP contribution in [0.3, 0.4) is 0 Å². The number of nitrogens with one attached hydrogen (secondary N) is 1. The number of rotatable bonds is 6. The number of carbonyl (C=O) groups excluding carboxylic acids is 3. The molecule has 2 amide bonds. The van der Waals surface area contributed by atoms with Crippen molar-refractivity contribution in [3.05, 3.63) is 101 Å². The second kappa shape index (κ2) is 9.94. The Hall–Kier alpha value is -4.59. The van der Waals surface area contributed by atoms with Crippen molar-refractivity contribution in [2.24, 2.45) is 0 Å². The first-order valence-electron chi connectivity index (χ1n) is 13.1. The molecule has 0 saturated heterocycles. The summed E-state index contributed by atoms with van der Waals surface area (Å²) in [5, 5.41) is 3.98. The third-order valence-electron chi connectivity index (χ3n) is 7.81. The van der Waals surface area contributed by atoms with Crippen LogP contribution in [0.5, 0.6) is 0 Å². The minimum absolute atomic E-state index is 0.00535. The van der Waals surface area contributed by atoms with E-state index in [1.54, 1.807) is 0 Å². The van der Waals surface area contributed by atoms with Crippen LogP contribution in [-0.4, -0.2) is 54.0 Å². The Morgan fingerprint density at radius 2 is 1.72 bits per heavy atom. The maximum absolute atomic E-state index is 13.5. The van der Waals surface area contributed by atoms with E-state index < -0.39 is 12.0 Å². The largest absolute Gasteiger partial charge is 0.467 e. The van der Waals surface area contributed by atoms with Crippen LogP contribution in [0, 0.1) is 0 Å². The zero-order valence-corrected chi connectivity index (χ0v) is 22.0. The fourth-order valence-electron chi connectivity index (χ4n) is 6.05. The van der Waals surface area contributed by atoms with Gasteiger partial charge in [0.2, 0.25) is 5.91 Å². The summed E-state index contributed by atoms with van der Waals surface area (Å²) in [4.78, 5) is 43.7. The van der Waals surface area contributed by atoms with Crippen LogP contribution in [0.25, 0.3) is 10.9 Å². The van der Waals surface area contributed by atoms with Crippen LogP contribution >= 0.6 is 0 Å². The predicted molar refractivity (Wildman–Crippen MR) is 148 cm³/mol. The number of hydrogen-bond donors (Lipinski definition) is 1. The highest BCUT2D eigenvalue weighted by molar-refractivity contribution is 6.02. The Balaban J connectivity index is 1.38. The summed E-state index contributed by atoms with van der Waals surface area (Å²) in [6.45, 7) is 0.600. The molecular weight excluding hydrogens is 492 g/mol. The van der Waals surface area contributed by atoms with E-state index in [4.69, 9.17) is 4.74 Å². The molecule has 8 heteroatoms. The van der Waals surface area contributed by atoms with E-state index in [-0.39, 0.29) is 24.5 Å². The molecule has 0 aliphatic carbocycles. The van der Waals surface area contributed by atoms with Crippen molar-refractivity contribution in [1.29, 1.82) is 0 Å². The Labute approximate surface area is 226 Å². The second-order valence-corrected chi connectivity index (χ2v) is 10.1. The van der Waals surface area contributed by atoms with Gasteiger partial charge in [-0.25, -0.2) is 4.79 Å². The molecule has 0 spiro atoms. The van der Waals surface area contributed by atoms with E-state index in [1.807, 2.05) is 89.3 Å². The van der Waals surface area contributed by atoms with Crippen LogP contribution in [0.2, 0.25) is 0 Å². The molecule has 1 aromatic heterocycles. The number of carbonyl (C=O) groups is 3. The van der Waals surface area contributed by atoms with Gasteiger partial charge in [-0.1, -0.05) is 60.7 Å². The summed E-state index contributed by atoms with van der Waals surface area (Å²) in [5.74, 6) is -0.798. The summed E-state index contributed by atoms with van der Waals surface area (Å²) in [6.07, 6.45) is 0.674. The van der Waals surface area contributed by atoms with Gasteiger partial charge in [0.1, 0.15) is 18.8 Å². The number of amides is 2. The van der Waals surface area contributed by atoms with Crippen LogP contribution < -0.4 is 10.2 Å². The van der Waals surface area contributed by atoms with Crippen LogP contribution in [0.4, 0.5) is 5.69 Å². The molecule has 1 N–H and O–H groups in total. The zero-order valence-electron chi connectivity index (χ0n) is 22.0. The van der Waals surface area contributed by atoms with Crippen molar-refractivity contribution >= 4 is 34.4 Å². The van der Waals surface area contributed by atoms with Crippen molar-refractivity contribution in [2.75, 3.05) is 25.6 Å². The lowest BCUT2D eigenvalue weighted by Crippen LogP contribution is -2.52. The quantitative estimate of drug-likeness (QED) is 0.391. The van der Waals surface area contributed by atoms with Crippen molar-refractivity contribution < 1.29 is 19.1 Å². The number of hydrogen-bond acceptors (Lipinski definition) is 5. The third-order valence-corrected chi connectivity index (χ3v) is 7.81. The molecule has 0 radical (unpaired) electrons. The molecule has 0 bridgehead atoms. The summed E-state index contributed by atoms with van der Waals surface area (Å²) >= 11 is 0. The lowest BCUT2D eigenvalue weighted by Gasteiger charge is -2.46. The maximum Gasteiger partial charge on any atom is 0.328 e. The minimum atomic E-state index is -0.815. The van der Waals surface area contributed by atoms with Crippen LogP contribution in [0.15, 0.2) is 78.9 Å². The average molecular weight is 523 g/mol. The predicted octanol–water partition coefficient (Wildman–Crippen LogP) is 3.69. The van der Waals surface area contributed by atoms with Crippen molar-refractivity contribution in [1.82, 2.24) is 14.8 Å². The first-order valence-corrected chi connectivity index (χ1v) is 13.1. The number of nitrogens with zero attached hydrogens (tertiary/aromatic N) is 3. The molecule has 2 aliphatic heterocycles. The Morgan fingerprint density at radius 1 is 1.00 bits per heavy atom.